The zero-order valence-corrected chi connectivity index (χ0v) is 7.30. The summed E-state index contributed by atoms with van der Waals surface area (Å²) in [5, 5.41) is 8.67. The lowest BCUT2D eigenvalue weighted by Gasteiger charge is -2.08. The quantitative estimate of drug-likeness (QED) is 0.819. The van der Waals surface area contributed by atoms with E-state index in [9.17, 15) is 13.2 Å². The first-order valence-electron chi connectivity index (χ1n) is 3.72. The van der Waals surface area contributed by atoms with Gasteiger partial charge < -0.3 is 9.84 Å². The molecule has 0 atom stereocenters. The highest BCUT2D eigenvalue weighted by atomic mass is 19.3. The van der Waals surface area contributed by atoms with Crippen LogP contribution in [-0.2, 0) is 6.61 Å². The van der Waals surface area contributed by atoms with Crippen molar-refractivity contribution in [1.82, 2.24) is 4.98 Å². The molecule has 1 rings (SSSR count). The van der Waals surface area contributed by atoms with Crippen LogP contribution in [0.25, 0.3) is 0 Å². The summed E-state index contributed by atoms with van der Waals surface area (Å²) in [6.45, 7) is -0.687. The number of aliphatic hydroxyl groups excluding tert-OH is 1. The second kappa shape index (κ2) is 4.28. The monoisotopic (exact) mass is 207 g/mol. The van der Waals surface area contributed by atoms with Gasteiger partial charge in [0.15, 0.2) is 5.82 Å². The van der Waals surface area contributed by atoms with E-state index in [-0.39, 0.29) is 5.56 Å². The Morgan fingerprint density at radius 3 is 2.64 bits per heavy atom. The molecule has 14 heavy (non-hydrogen) atoms. The molecule has 0 spiro atoms. The minimum Gasteiger partial charge on any atom is -0.479 e. The Kier molecular flexibility index (Phi) is 3.29. The predicted octanol–water partition coefficient (Wildman–Crippen LogP) is 1.66. The number of alkyl halides is 2. The number of nitrogens with zero attached hydrogens (tertiary/aromatic N) is 1. The van der Waals surface area contributed by atoms with Crippen molar-refractivity contribution in [2.75, 3.05) is 7.11 Å². The van der Waals surface area contributed by atoms with Crippen LogP contribution in [-0.4, -0.2) is 17.2 Å². The Morgan fingerprint density at radius 2 is 2.21 bits per heavy atom. The molecule has 0 amide bonds. The van der Waals surface area contributed by atoms with E-state index in [2.05, 4.69) is 9.72 Å². The average Bonchev–Trinajstić information content (AvgIpc) is 2.16. The zero-order valence-electron chi connectivity index (χ0n) is 7.30. The van der Waals surface area contributed by atoms with Gasteiger partial charge in [0.05, 0.1) is 13.7 Å². The van der Waals surface area contributed by atoms with Crippen LogP contribution >= 0.6 is 0 Å². The molecule has 0 bridgehead atoms. The van der Waals surface area contributed by atoms with Gasteiger partial charge >= 0.3 is 0 Å². The van der Waals surface area contributed by atoms with Crippen LogP contribution in [0.5, 0.6) is 5.88 Å². The fourth-order valence-electron chi connectivity index (χ4n) is 0.982. The van der Waals surface area contributed by atoms with Gasteiger partial charge in [-0.2, -0.15) is 0 Å². The Hall–Kier alpha value is -1.30. The Labute approximate surface area is 78.2 Å². The largest absolute Gasteiger partial charge is 0.479 e. The van der Waals surface area contributed by atoms with Crippen LogP contribution in [0.1, 0.15) is 17.7 Å². The highest BCUT2D eigenvalue weighted by Crippen LogP contribution is 2.25. The van der Waals surface area contributed by atoms with Gasteiger partial charge in [-0.15, -0.1) is 0 Å². The summed E-state index contributed by atoms with van der Waals surface area (Å²) in [6.07, 6.45) is -2.87. The van der Waals surface area contributed by atoms with Crippen molar-refractivity contribution in [3.8, 4) is 5.88 Å². The lowest BCUT2D eigenvalue weighted by Crippen LogP contribution is -2.03. The molecule has 1 aromatic heterocycles. The molecule has 3 nitrogen and oxygen atoms in total. The van der Waals surface area contributed by atoms with Crippen molar-refractivity contribution in [2.45, 2.75) is 13.0 Å². The topological polar surface area (TPSA) is 42.4 Å². The van der Waals surface area contributed by atoms with E-state index >= 15 is 0 Å². The first-order chi connectivity index (χ1) is 6.60. The molecule has 0 aliphatic rings. The molecule has 0 aliphatic carbocycles. The first-order valence-corrected chi connectivity index (χ1v) is 3.72. The maximum absolute atomic E-state index is 12.9. The number of hydrogen-bond acceptors (Lipinski definition) is 3. The maximum Gasteiger partial charge on any atom is 0.280 e. The summed E-state index contributed by atoms with van der Waals surface area (Å²) in [5.41, 5.74) is -0.899. The van der Waals surface area contributed by atoms with E-state index in [4.69, 9.17) is 5.11 Å². The van der Waals surface area contributed by atoms with Gasteiger partial charge in [0.1, 0.15) is 5.69 Å². The van der Waals surface area contributed by atoms with Crippen molar-refractivity contribution >= 4 is 0 Å². The van der Waals surface area contributed by atoms with Crippen LogP contribution in [0, 0.1) is 5.82 Å². The number of halogens is 3. The molecule has 0 fully saturated rings. The summed E-state index contributed by atoms with van der Waals surface area (Å²) < 4.78 is 42.0. The second-order valence-electron chi connectivity index (χ2n) is 2.48. The molecule has 1 heterocycles. The average molecular weight is 207 g/mol. The van der Waals surface area contributed by atoms with Crippen molar-refractivity contribution < 1.29 is 23.0 Å². The molecule has 0 aliphatic heterocycles. The van der Waals surface area contributed by atoms with Crippen molar-refractivity contribution in [3.63, 3.8) is 0 Å². The maximum atomic E-state index is 12.9. The minimum atomic E-state index is -2.87. The number of aromatic nitrogens is 1. The molecule has 0 saturated carbocycles. The molecular formula is C8H8F3NO2. The van der Waals surface area contributed by atoms with Crippen LogP contribution in [0.4, 0.5) is 13.2 Å². The van der Waals surface area contributed by atoms with Crippen molar-refractivity contribution in [3.05, 3.63) is 23.1 Å². The number of hydrogen-bond donors (Lipinski definition) is 1. The third kappa shape index (κ3) is 1.95. The molecule has 0 aromatic carbocycles. The van der Waals surface area contributed by atoms with Crippen molar-refractivity contribution in [2.24, 2.45) is 0 Å². The summed E-state index contributed by atoms with van der Waals surface area (Å²) in [6, 6.07) is 0.785. The van der Waals surface area contributed by atoms with Gasteiger partial charge in [-0.3, -0.25) is 0 Å². The summed E-state index contributed by atoms with van der Waals surface area (Å²) in [4.78, 5) is 3.25. The van der Waals surface area contributed by atoms with Crippen LogP contribution in [0.15, 0.2) is 6.07 Å². The summed E-state index contributed by atoms with van der Waals surface area (Å²) in [7, 11) is 1.12. The standard InChI is InChI=1S/C8H8F3NO2/c1-14-8-5(9)2-4(3-13)6(12-8)7(10)11/h2,7,13H,3H2,1H3. The molecule has 1 aromatic rings. The third-order valence-corrected chi connectivity index (χ3v) is 1.63. The van der Waals surface area contributed by atoms with Gasteiger partial charge in [-0.05, 0) is 6.07 Å². The molecule has 0 saturated heterocycles. The Morgan fingerprint density at radius 1 is 1.57 bits per heavy atom. The predicted molar refractivity (Wildman–Crippen MR) is 41.6 cm³/mol. The van der Waals surface area contributed by atoms with Gasteiger partial charge in [-0.1, -0.05) is 0 Å². The lowest BCUT2D eigenvalue weighted by molar-refractivity contribution is 0.140. The van der Waals surface area contributed by atoms with E-state index in [1.165, 1.54) is 0 Å². The highest BCUT2D eigenvalue weighted by Gasteiger charge is 2.18. The molecule has 1 N–H and O–H groups in total. The van der Waals surface area contributed by atoms with E-state index in [0.29, 0.717) is 0 Å². The van der Waals surface area contributed by atoms with Crippen LogP contribution in [0.3, 0.4) is 0 Å². The smallest absolute Gasteiger partial charge is 0.280 e. The van der Waals surface area contributed by atoms with Crippen LogP contribution in [0.2, 0.25) is 0 Å². The van der Waals surface area contributed by atoms with E-state index in [1.54, 1.807) is 0 Å². The summed E-state index contributed by atoms with van der Waals surface area (Å²) >= 11 is 0. The first kappa shape index (κ1) is 10.8. The molecule has 6 heteroatoms. The lowest BCUT2D eigenvalue weighted by atomic mass is 10.2. The number of ether oxygens (including phenoxy) is 1. The molecule has 0 unspecified atom stereocenters. The number of rotatable bonds is 3. The molecule has 0 radical (unpaired) electrons. The van der Waals surface area contributed by atoms with E-state index in [0.717, 1.165) is 13.2 Å². The molecular weight excluding hydrogens is 199 g/mol. The second-order valence-corrected chi connectivity index (χ2v) is 2.48. The van der Waals surface area contributed by atoms with Gasteiger partial charge in [0, 0.05) is 5.56 Å². The fraction of sp³-hybridized carbons (Fsp3) is 0.375. The molecule has 78 valence electrons. The summed E-state index contributed by atoms with van der Waals surface area (Å²) in [5.74, 6) is -1.38. The van der Waals surface area contributed by atoms with Gasteiger partial charge in [0.2, 0.25) is 0 Å². The number of aliphatic hydroxyl groups is 1. The zero-order chi connectivity index (χ0) is 10.7. The van der Waals surface area contributed by atoms with Gasteiger partial charge in [-0.25, -0.2) is 18.2 Å². The van der Waals surface area contributed by atoms with Gasteiger partial charge in [0.25, 0.3) is 12.3 Å². The van der Waals surface area contributed by atoms with E-state index in [1.807, 2.05) is 0 Å². The Balaban J connectivity index is 3.25. The van der Waals surface area contributed by atoms with Crippen LogP contribution < -0.4 is 4.74 Å². The minimum absolute atomic E-state index is 0.238. The fourth-order valence-corrected chi connectivity index (χ4v) is 0.982. The number of methoxy groups -OCH3 is 1. The third-order valence-electron chi connectivity index (χ3n) is 1.63. The van der Waals surface area contributed by atoms with Crippen molar-refractivity contribution in [1.29, 1.82) is 0 Å². The normalized spacial score (nSPS) is 10.7. The Bertz CT molecular complexity index is 331. The highest BCUT2D eigenvalue weighted by molar-refractivity contribution is 5.27. The van der Waals surface area contributed by atoms with E-state index < -0.39 is 30.4 Å². The SMILES string of the molecule is COc1nc(C(F)F)c(CO)cc1F. The number of pyridine rings is 1.